The van der Waals surface area contributed by atoms with E-state index in [0.29, 0.717) is 17.8 Å². The first kappa shape index (κ1) is 14.7. The van der Waals surface area contributed by atoms with E-state index in [1.165, 1.54) is 32.1 Å². The Hall–Kier alpha value is -1.27. The zero-order chi connectivity index (χ0) is 14.5. The van der Waals surface area contributed by atoms with Crippen molar-refractivity contribution in [2.75, 3.05) is 6.54 Å². The SMILES string of the molecule is CCCNC1CCCCC1Cc1nc(-c2cscn2)no1. The number of aromatic nitrogens is 3. The Balaban J connectivity index is 1.64. The van der Waals surface area contributed by atoms with E-state index < -0.39 is 0 Å². The zero-order valence-corrected chi connectivity index (χ0v) is 13.2. The van der Waals surface area contributed by atoms with Gasteiger partial charge < -0.3 is 9.84 Å². The predicted molar refractivity (Wildman–Crippen MR) is 83.1 cm³/mol. The molecule has 1 saturated carbocycles. The van der Waals surface area contributed by atoms with E-state index in [1.54, 1.807) is 16.8 Å². The van der Waals surface area contributed by atoms with Crippen LogP contribution in [0, 0.1) is 5.92 Å². The van der Waals surface area contributed by atoms with Gasteiger partial charge >= 0.3 is 0 Å². The fraction of sp³-hybridized carbons (Fsp3) is 0.667. The maximum atomic E-state index is 5.42. The minimum Gasteiger partial charge on any atom is -0.339 e. The molecule has 0 aromatic carbocycles. The highest BCUT2D eigenvalue weighted by Crippen LogP contribution is 2.28. The first-order valence-electron chi connectivity index (χ1n) is 7.81. The number of thiazole rings is 1. The summed E-state index contributed by atoms with van der Waals surface area (Å²) in [5.41, 5.74) is 2.59. The number of rotatable bonds is 6. The van der Waals surface area contributed by atoms with E-state index in [1.807, 2.05) is 5.38 Å². The van der Waals surface area contributed by atoms with Crippen LogP contribution in [0.15, 0.2) is 15.4 Å². The van der Waals surface area contributed by atoms with Crippen LogP contribution >= 0.6 is 11.3 Å². The second-order valence-corrected chi connectivity index (χ2v) is 6.41. The van der Waals surface area contributed by atoms with Gasteiger partial charge in [-0.15, -0.1) is 11.3 Å². The highest BCUT2D eigenvalue weighted by molar-refractivity contribution is 7.07. The normalized spacial score (nSPS) is 22.5. The Labute approximate surface area is 129 Å². The molecule has 114 valence electrons. The van der Waals surface area contributed by atoms with E-state index >= 15 is 0 Å². The van der Waals surface area contributed by atoms with Crippen molar-refractivity contribution >= 4 is 11.3 Å². The molecule has 5 nitrogen and oxygen atoms in total. The van der Waals surface area contributed by atoms with Gasteiger partial charge in [0.1, 0.15) is 5.69 Å². The van der Waals surface area contributed by atoms with Gasteiger partial charge in [-0.05, 0) is 31.7 Å². The summed E-state index contributed by atoms with van der Waals surface area (Å²) in [6.45, 7) is 3.30. The number of nitrogens with zero attached hydrogens (tertiary/aromatic N) is 3. The van der Waals surface area contributed by atoms with Crippen LogP contribution in [0.2, 0.25) is 0 Å². The van der Waals surface area contributed by atoms with Crippen LogP contribution in [0.3, 0.4) is 0 Å². The molecule has 3 rings (SSSR count). The minimum absolute atomic E-state index is 0.591. The van der Waals surface area contributed by atoms with E-state index in [2.05, 4.69) is 27.4 Å². The van der Waals surface area contributed by atoms with E-state index in [9.17, 15) is 0 Å². The number of nitrogens with one attached hydrogen (secondary N) is 1. The van der Waals surface area contributed by atoms with E-state index in [-0.39, 0.29) is 0 Å². The van der Waals surface area contributed by atoms with Gasteiger partial charge in [0.15, 0.2) is 0 Å². The predicted octanol–water partition coefficient (Wildman–Crippen LogP) is 3.29. The summed E-state index contributed by atoms with van der Waals surface area (Å²) >= 11 is 1.55. The third-order valence-corrected chi connectivity index (χ3v) is 4.72. The van der Waals surface area contributed by atoms with Crippen LogP contribution in [-0.4, -0.2) is 27.7 Å². The number of hydrogen-bond donors (Lipinski definition) is 1. The largest absolute Gasteiger partial charge is 0.339 e. The average Bonchev–Trinajstić information content (AvgIpc) is 3.17. The molecule has 1 aliphatic rings. The van der Waals surface area contributed by atoms with Gasteiger partial charge in [-0.1, -0.05) is 24.9 Å². The molecule has 2 aromatic heterocycles. The fourth-order valence-corrected chi connectivity index (χ4v) is 3.57. The monoisotopic (exact) mass is 306 g/mol. The van der Waals surface area contributed by atoms with E-state index in [0.717, 1.165) is 24.6 Å². The van der Waals surface area contributed by atoms with Gasteiger partial charge in [-0.2, -0.15) is 4.98 Å². The maximum Gasteiger partial charge on any atom is 0.227 e. The standard InChI is InChI=1S/C15H22N4OS/c1-2-7-16-12-6-4-3-5-11(12)8-14-18-15(19-20-14)13-9-21-10-17-13/h9-12,16H,2-8H2,1H3. The second-order valence-electron chi connectivity index (χ2n) is 5.69. The van der Waals surface area contributed by atoms with Crippen LogP contribution in [-0.2, 0) is 6.42 Å². The summed E-state index contributed by atoms with van der Waals surface area (Å²) in [5.74, 6) is 1.96. The summed E-state index contributed by atoms with van der Waals surface area (Å²) in [4.78, 5) is 8.72. The minimum atomic E-state index is 0.591. The molecule has 0 spiro atoms. The van der Waals surface area contributed by atoms with Gasteiger partial charge in [0.25, 0.3) is 0 Å². The zero-order valence-electron chi connectivity index (χ0n) is 12.4. The van der Waals surface area contributed by atoms with Crippen LogP contribution in [0.1, 0.15) is 44.9 Å². The summed E-state index contributed by atoms with van der Waals surface area (Å²) in [7, 11) is 0. The van der Waals surface area contributed by atoms with Crippen molar-refractivity contribution in [3.63, 3.8) is 0 Å². The van der Waals surface area contributed by atoms with Crippen LogP contribution in [0.25, 0.3) is 11.5 Å². The Bertz CT molecular complexity index is 540. The van der Waals surface area contributed by atoms with Gasteiger partial charge in [0.2, 0.25) is 11.7 Å². The molecule has 21 heavy (non-hydrogen) atoms. The number of hydrogen-bond acceptors (Lipinski definition) is 6. The molecule has 0 aliphatic heterocycles. The van der Waals surface area contributed by atoms with Crippen molar-refractivity contribution in [2.45, 2.75) is 51.5 Å². The molecule has 2 unspecified atom stereocenters. The summed E-state index contributed by atoms with van der Waals surface area (Å²) in [5, 5.41) is 9.67. The first-order valence-corrected chi connectivity index (χ1v) is 8.75. The molecule has 0 saturated heterocycles. The van der Waals surface area contributed by atoms with Crippen LogP contribution in [0.5, 0.6) is 0 Å². The lowest BCUT2D eigenvalue weighted by molar-refractivity contribution is 0.240. The Morgan fingerprint density at radius 1 is 1.38 bits per heavy atom. The third-order valence-electron chi connectivity index (χ3n) is 4.13. The molecule has 0 bridgehead atoms. The van der Waals surface area contributed by atoms with Gasteiger partial charge in [0.05, 0.1) is 5.51 Å². The molecular weight excluding hydrogens is 284 g/mol. The van der Waals surface area contributed by atoms with Crippen LogP contribution in [0.4, 0.5) is 0 Å². The molecule has 1 N–H and O–H groups in total. The third kappa shape index (κ3) is 3.68. The Kier molecular flexibility index (Phi) is 4.98. The van der Waals surface area contributed by atoms with E-state index in [4.69, 9.17) is 4.52 Å². The molecule has 1 aliphatic carbocycles. The molecule has 6 heteroatoms. The summed E-state index contributed by atoms with van der Waals surface area (Å²) < 4.78 is 5.42. The molecule has 0 amide bonds. The lowest BCUT2D eigenvalue weighted by Crippen LogP contribution is -2.39. The maximum absolute atomic E-state index is 5.42. The molecule has 2 atom stereocenters. The molecule has 1 fully saturated rings. The van der Waals surface area contributed by atoms with Crippen LogP contribution < -0.4 is 5.32 Å². The Morgan fingerprint density at radius 2 is 2.29 bits per heavy atom. The summed E-state index contributed by atoms with van der Waals surface area (Å²) in [6.07, 6.45) is 7.19. The van der Waals surface area contributed by atoms with Crippen molar-refractivity contribution < 1.29 is 4.52 Å². The molecule has 2 aromatic rings. The topological polar surface area (TPSA) is 63.8 Å². The lowest BCUT2D eigenvalue weighted by Gasteiger charge is -2.31. The fourth-order valence-electron chi connectivity index (χ4n) is 3.04. The quantitative estimate of drug-likeness (QED) is 0.887. The average molecular weight is 306 g/mol. The molecular formula is C15H22N4OS. The smallest absolute Gasteiger partial charge is 0.227 e. The highest BCUT2D eigenvalue weighted by atomic mass is 32.1. The van der Waals surface area contributed by atoms with Gasteiger partial charge in [0, 0.05) is 17.8 Å². The highest BCUT2D eigenvalue weighted by Gasteiger charge is 2.26. The van der Waals surface area contributed by atoms with Crippen molar-refractivity contribution in [3.05, 3.63) is 16.8 Å². The van der Waals surface area contributed by atoms with Gasteiger partial charge in [-0.25, -0.2) is 4.98 Å². The molecule has 2 heterocycles. The van der Waals surface area contributed by atoms with Crippen molar-refractivity contribution in [3.8, 4) is 11.5 Å². The molecule has 0 radical (unpaired) electrons. The Morgan fingerprint density at radius 3 is 3.10 bits per heavy atom. The lowest BCUT2D eigenvalue weighted by atomic mass is 9.82. The van der Waals surface area contributed by atoms with Crippen molar-refractivity contribution in [1.82, 2.24) is 20.4 Å². The van der Waals surface area contributed by atoms with Crippen molar-refractivity contribution in [1.29, 1.82) is 0 Å². The van der Waals surface area contributed by atoms with Gasteiger partial charge in [-0.3, -0.25) is 0 Å². The first-order chi connectivity index (χ1) is 10.4. The summed E-state index contributed by atoms with van der Waals surface area (Å²) in [6, 6.07) is 0.591. The van der Waals surface area contributed by atoms with Crippen molar-refractivity contribution in [2.24, 2.45) is 5.92 Å². The second kappa shape index (κ2) is 7.13.